The molecule has 0 radical (unpaired) electrons. The highest BCUT2D eigenvalue weighted by atomic mass is 16.5. The molecule has 0 bridgehead atoms. The van der Waals surface area contributed by atoms with E-state index in [1.54, 1.807) is 0 Å². The van der Waals surface area contributed by atoms with Gasteiger partial charge in [-0.05, 0) is 48.7 Å². The number of anilines is 1. The molecule has 4 rings (SSSR count). The van der Waals surface area contributed by atoms with E-state index in [0.717, 1.165) is 53.6 Å². The van der Waals surface area contributed by atoms with E-state index in [2.05, 4.69) is 42.5 Å². The van der Waals surface area contributed by atoms with Gasteiger partial charge in [-0.1, -0.05) is 60.8 Å². The van der Waals surface area contributed by atoms with Gasteiger partial charge in [-0.2, -0.15) is 0 Å². The molecular weight excluding hydrogens is 384 g/mol. The molecule has 0 saturated carbocycles. The number of pyridine rings is 1. The second-order valence-corrected chi connectivity index (χ2v) is 6.27. The van der Waals surface area contributed by atoms with Crippen LogP contribution in [0.25, 0.3) is 11.3 Å². The summed E-state index contributed by atoms with van der Waals surface area (Å²) in [6, 6.07) is 8.20. The van der Waals surface area contributed by atoms with Crippen LogP contribution >= 0.6 is 0 Å². The first-order chi connectivity index (χ1) is 15.1. The third-order valence-electron chi connectivity index (χ3n) is 4.18. The minimum Gasteiger partial charge on any atom is -0.493 e. The number of rotatable bonds is 1. The molecule has 2 aliphatic heterocycles. The molecule has 1 aromatic heterocycles. The Bertz CT molecular complexity index is 813. The maximum atomic E-state index is 5.42. The van der Waals surface area contributed by atoms with Crippen LogP contribution in [0.5, 0.6) is 5.75 Å². The summed E-state index contributed by atoms with van der Waals surface area (Å²) in [6.45, 7) is 26.2. The molecule has 172 valence electrons. The van der Waals surface area contributed by atoms with E-state index < -0.39 is 0 Å². The molecule has 0 atom stereocenters. The van der Waals surface area contributed by atoms with Gasteiger partial charge in [0, 0.05) is 24.7 Å². The average Bonchev–Trinajstić information content (AvgIpc) is 2.83. The van der Waals surface area contributed by atoms with Crippen LogP contribution < -0.4 is 10.1 Å². The minimum absolute atomic E-state index is 0.714. The SMILES string of the molecule is C=C(C)c1nccc2c1C(=C)OCC2.CC.CC.CC.Cc1ccc2c(c1)NCCO2. The third kappa shape index (κ3) is 8.49. The van der Waals surface area contributed by atoms with E-state index >= 15 is 0 Å². The lowest BCUT2D eigenvalue weighted by Gasteiger charge is -2.21. The fraction of sp³-hybridized carbons (Fsp3) is 0.444. The van der Waals surface area contributed by atoms with Crippen LogP contribution in [0.15, 0.2) is 43.6 Å². The molecular formula is C27H42N2O2. The predicted octanol–water partition coefficient (Wildman–Crippen LogP) is 7.54. The van der Waals surface area contributed by atoms with E-state index in [0.29, 0.717) is 6.61 Å². The second-order valence-electron chi connectivity index (χ2n) is 6.27. The number of hydrogen-bond donors (Lipinski definition) is 1. The summed E-state index contributed by atoms with van der Waals surface area (Å²) in [4.78, 5) is 4.30. The first kappa shape index (κ1) is 28.2. The summed E-state index contributed by atoms with van der Waals surface area (Å²) in [5, 5.41) is 3.28. The number of aromatic nitrogens is 1. The van der Waals surface area contributed by atoms with Gasteiger partial charge < -0.3 is 14.8 Å². The lowest BCUT2D eigenvalue weighted by Crippen LogP contribution is -2.17. The summed E-state index contributed by atoms with van der Waals surface area (Å²) < 4.78 is 10.8. The molecule has 2 aliphatic rings. The zero-order valence-electron chi connectivity index (χ0n) is 20.9. The quantitative estimate of drug-likeness (QED) is 0.511. The Kier molecular flexibility index (Phi) is 14.6. The van der Waals surface area contributed by atoms with Gasteiger partial charge in [0.2, 0.25) is 0 Å². The zero-order chi connectivity index (χ0) is 23.8. The lowest BCUT2D eigenvalue weighted by atomic mass is 9.98. The van der Waals surface area contributed by atoms with Crippen LogP contribution in [0.2, 0.25) is 0 Å². The molecule has 0 unspecified atom stereocenters. The van der Waals surface area contributed by atoms with E-state index in [1.165, 1.54) is 11.1 Å². The van der Waals surface area contributed by atoms with E-state index in [-0.39, 0.29) is 0 Å². The van der Waals surface area contributed by atoms with Gasteiger partial charge >= 0.3 is 0 Å². The summed E-state index contributed by atoms with van der Waals surface area (Å²) in [7, 11) is 0. The lowest BCUT2D eigenvalue weighted by molar-refractivity contribution is 0.271. The first-order valence-corrected chi connectivity index (χ1v) is 11.5. The van der Waals surface area contributed by atoms with Crippen molar-refractivity contribution in [1.29, 1.82) is 0 Å². The number of nitrogens with zero attached hydrogens (tertiary/aromatic N) is 1. The van der Waals surface area contributed by atoms with Crippen LogP contribution in [0, 0.1) is 6.92 Å². The highest BCUT2D eigenvalue weighted by molar-refractivity contribution is 5.75. The van der Waals surface area contributed by atoms with Crippen molar-refractivity contribution in [2.75, 3.05) is 25.1 Å². The van der Waals surface area contributed by atoms with Crippen molar-refractivity contribution in [3.8, 4) is 5.75 Å². The van der Waals surface area contributed by atoms with Crippen LogP contribution in [-0.2, 0) is 11.2 Å². The monoisotopic (exact) mass is 426 g/mol. The highest BCUT2D eigenvalue weighted by Gasteiger charge is 2.18. The summed E-state index contributed by atoms with van der Waals surface area (Å²) in [6.07, 6.45) is 2.75. The van der Waals surface area contributed by atoms with Gasteiger partial charge in [0.25, 0.3) is 0 Å². The van der Waals surface area contributed by atoms with Gasteiger partial charge in [-0.3, -0.25) is 4.98 Å². The first-order valence-electron chi connectivity index (χ1n) is 11.5. The van der Waals surface area contributed by atoms with Crippen molar-refractivity contribution in [2.24, 2.45) is 0 Å². The Balaban J connectivity index is 0.000000476. The molecule has 4 nitrogen and oxygen atoms in total. The normalized spacial score (nSPS) is 12.3. The van der Waals surface area contributed by atoms with Gasteiger partial charge in [-0.15, -0.1) is 0 Å². The molecule has 0 fully saturated rings. The Morgan fingerprint density at radius 3 is 2.32 bits per heavy atom. The average molecular weight is 427 g/mol. The molecule has 3 heterocycles. The van der Waals surface area contributed by atoms with Gasteiger partial charge in [0.15, 0.2) is 0 Å². The standard InChI is InChI=1S/C12H13NO.C9H11NO.3C2H6/c1-8(2)12-11-9(3)14-7-5-10(11)4-6-13-12;1-7-2-3-9-8(6-7)10-4-5-11-9;3*1-2/h4,6H,1,3,5,7H2,2H3;2-3,6,10H,4-5H2,1H3;3*1-2H3. The van der Waals surface area contributed by atoms with E-state index in [9.17, 15) is 0 Å². The fourth-order valence-corrected chi connectivity index (χ4v) is 2.96. The fourth-order valence-electron chi connectivity index (χ4n) is 2.96. The van der Waals surface area contributed by atoms with Crippen molar-refractivity contribution in [2.45, 2.75) is 61.8 Å². The number of aryl methyl sites for hydroxylation is 1. The summed E-state index contributed by atoms with van der Waals surface area (Å²) in [5.74, 6) is 1.69. The van der Waals surface area contributed by atoms with Gasteiger partial charge in [0.1, 0.15) is 18.1 Å². The van der Waals surface area contributed by atoms with Crippen molar-refractivity contribution in [3.05, 3.63) is 66.0 Å². The van der Waals surface area contributed by atoms with Crippen molar-refractivity contribution in [1.82, 2.24) is 4.98 Å². The smallest absolute Gasteiger partial charge is 0.142 e. The Labute approximate surface area is 190 Å². The van der Waals surface area contributed by atoms with Crippen LogP contribution in [0.1, 0.15) is 70.9 Å². The molecule has 0 saturated heterocycles. The van der Waals surface area contributed by atoms with E-state index in [1.807, 2.05) is 66.8 Å². The van der Waals surface area contributed by atoms with Crippen LogP contribution in [0.4, 0.5) is 5.69 Å². The van der Waals surface area contributed by atoms with Crippen LogP contribution in [-0.4, -0.2) is 24.7 Å². The second kappa shape index (κ2) is 16.0. The van der Waals surface area contributed by atoms with Crippen LogP contribution in [0.3, 0.4) is 0 Å². The van der Waals surface area contributed by atoms with Crippen molar-refractivity contribution < 1.29 is 9.47 Å². The van der Waals surface area contributed by atoms with Gasteiger partial charge in [0.05, 0.1) is 18.0 Å². The third-order valence-corrected chi connectivity index (χ3v) is 4.18. The minimum atomic E-state index is 0.714. The molecule has 4 heteroatoms. The van der Waals surface area contributed by atoms with Crippen molar-refractivity contribution >= 4 is 17.0 Å². The maximum absolute atomic E-state index is 5.42. The Morgan fingerprint density at radius 1 is 1.00 bits per heavy atom. The topological polar surface area (TPSA) is 43.4 Å². The molecule has 2 aromatic rings. The summed E-state index contributed by atoms with van der Waals surface area (Å²) >= 11 is 0. The number of allylic oxidation sites excluding steroid dienone is 1. The number of ether oxygens (including phenoxy) is 2. The van der Waals surface area contributed by atoms with Crippen molar-refractivity contribution in [3.63, 3.8) is 0 Å². The zero-order valence-corrected chi connectivity index (χ0v) is 20.9. The number of benzene rings is 1. The Hall–Kier alpha value is -2.75. The molecule has 0 aliphatic carbocycles. The number of nitrogens with one attached hydrogen (secondary N) is 1. The largest absolute Gasteiger partial charge is 0.493 e. The highest BCUT2D eigenvalue weighted by Crippen LogP contribution is 2.30. The molecule has 0 amide bonds. The molecule has 31 heavy (non-hydrogen) atoms. The number of fused-ring (bicyclic) bond motifs is 2. The Morgan fingerprint density at radius 2 is 1.68 bits per heavy atom. The molecule has 0 spiro atoms. The predicted molar refractivity (Wildman–Crippen MR) is 137 cm³/mol. The molecule has 1 N–H and O–H groups in total. The van der Waals surface area contributed by atoms with Gasteiger partial charge in [-0.25, -0.2) is 0 Å². The molecule has 1 aromatic carbocycles. The maximum Gasteiger partial charge on any atom is 0.142 e. The van der Waals surface area contributed by atoms with E-state index in [4.69, 9.17) is 9.47 Å². The summed E-state index contributed by atoms with van der Waals surface area (Å²) in [5.41, 5.74) is 6.54. The number of hydrogen-bond acceptors (Lipinski definition) is 4.